The topological polar surface area (TPSA) is 66.4 Å². The number of rotatable bonds is 4. The molecule has 2 N–H and O–H groups in total. The molecule has 3 rings (SSSR count). The maximum absolute atomic E-state index is 12.4. The molecule has 4 nitrogen and oxygen atoms in total. The number of carbonyl (C=O) groups excluding carboxylic acids is 1. The van der Waals surface area contributed by atoms with Crippen LogP contribution in [0.3, 0.4) is 0 Å². The Kier molecular flexibility index (Phi) is 3.78. The van der Waals surface area contributed by atoms with Crippen LogP contribution >= 0.6 is 0 Å². The molecule has 0 spiro atoms. The van der Waals surface area contributed by atoms with Crippen molar-refractivity contribution in [1.82, 2.24) is 0 Å². The van der Waals surface area contributed by atoms with Gasteiger partial charge in [0.25, 0.3) is 0 Å². The van der Waals surface area contributed by atoms with E-state index in [0.29, 0.717) is 5.92 Å². The second-order valence-corrected chi connectivity index (χ2v) is 6.07. The predicted molar refractivity (Wildman–Crippen MR) is 80.7 cm³/mol. The van der Waals surface area contributed by atoms with Gasteiger partial charge in [0.05, 0.1) is 0 Å². The third kappa shape index (κ3) is 3.15. The molecule has 2 aliphatic rings. The van der Waals surface area contributed by atoms with Gasteiger partial charge in [-0.15, -0.1) is 0 Å². The number of anilines is 1. The fourth-order valence-corrected chi connectivity index (χ4v) is 3.69. The zero-order valence-electron chi connectivity index (χ0n) is 11.8. The van der Waals surface area contributed by atoms with Crippen LogP contribution < -0.4 is 5.32 Å². The Balaban J connectivity index is 1.66. The van der Waals surface area contributed by atoms with E-state index in [1.807, 2.05) is 18.2 Å². The average Bonchev–Trinajstić information content (AvgIpc) is 3.08. The maximum atomic E-state index is 12.4. The van der Waals surface area contributed by atoms with Gasteiger partial charge in [0.15, 0.2) is 0 Å². The van der Waals surface area contributed by atoms with Gasteiger partial charge in [-0.25, -0.2) is 4.79 Å². The minimum atomic E-state index is -0.980. The monoisotopic (exact) mass is 285 g/mol. The highest BCUT2D eigenvalue weighted by molar-refractivity contribution is 5.93. The normalized spacial score (nSPS) is 27.1. The summed E-state index contributed by atoms with van der Waals surface area (Å²) in [6, 6.07) is 7.26. The van der Waals surface area contributed by atoms with Gasteiger partial charge in [0.1, 0.15) is 0 Å². The predicted octanol–water partition coefficient (Wildman–Crippen LogP) is 3.16. The SMILES string of the molecule is O=C(O)/C=C/c1cccc(NC(=O)C2CC3CCC2C3)c1. The lowest BCUT2D eigenvalue weighted by Crippen LogP contribution is -2.27. The van der Waals surface area contributed by atoms with Crippen LogP contribution in [0, 0.1) is 17.8 Å². The summed E-state index contributed by atoms with van der Waals surface area (Å²) in [5.41, 5.74) is 1.50. The second kappa shape index (κ2) is 5.72. The highest BCUT2D eigenvalue weighted by Gasteiger charge is 2.42. The number of hydrogen-bond acceptors (Lipinski definition) is 2. The van der Waals surface area contributed by atoms with E-state index >= 15 is 0 Å². The lowest BCUT2D eigenvalue weighted by Gasteiger charge is -2.20. The fraction of sp³-hybridized carbons (Fsp3) is 0.412. The zero-order chi connectivity index (χ0) is 14.8. The Hall–Kier alpha value is -2.10. The Morgan fingerprint density at radius 3 is 2.76 bits per heavy atom. The van der Waals surface area contributed by atoms with E-state index in [1.165, 1.54) is 25.3 Å². The van der Waals surface area contributed by atoms with Crippen molar-refractivity contribution in [3.05, 3.63) is 35.9 Å². The molecule has 21 heavy (non-hydrogen) atoms. The van der Waals surface area contributed by atoms with Crippen molar-refractivity contribution in [2.45, 2.75) is 25.7 Å². The van der Waals surface area contributed by atoms with Crippen LogP contribution in [0.1, 0.15) is 31.2 Å². The number of hydrogen-bond donors (Lipinski definition) is 2. The summed E-state index contributed by atoms with van der Waals surface area (Å²) in [6.45, 7) is 0. The van der Waals surface area contributed by atoms with E-state index < -0.39 is 5.97 Å². The number of carboxylic acid groups (broad SMARTS) is 1. The van der Waals surface area contributed by atoms with Gasteiger partial charge in [0, 0.05) is 17.7 Å². The van der Waals surface area contributed by atoms with Crippen molar-refractivity contribution in [3.8, 4) is 0 Å². The van der Waals surface area contributed by atoms with E-state index in [2.05, 4.69) is 5.32 Å². The van der Waals surface area contributed by atoms with Gasteiger partial charge in [0.2, 0.25) is 5.91 Å². The third-order valence-corrected chi connectivity index (χ3v) is 4.65. The first kappa shape index (κ1) is 13.9. The van der Waals surface area contributed by atoms with Gasteiger partial charge in [-0.1, -0.05) is 18.6 Å². The van der Waals surface area contributed by atoms with Crippen molar-refractivity contribution in [2.75, 3.05) is 5.32 Å². The molecule has 1 amide bonds. The first-order chi connectivity index (χ1) is 10.1. The van der Waals surface area contributed by atoms with E-state index in [0.717, 1.165) is 29.7 Å². The Morgan fingerprint density at radius 2 is 2.10 bits per heavy atom. The summed E-state index contributed by atoms with van der Waals surface area (Å²) >= 11 is 0. The molecule has 110 valence electrons. The number of aliphatic carboxylic acids is 1. The van der Waals surface area contributed by atoms with Gasteiger partial charge >= 0.3 is 5.97 Å². The fourth-order valence-electron chi connectivity index (χ4n) is 3.69. The van der Waals surface area contributed by atoms with Crippen molar-refractivity contribution >= 4 is 23.6 Å². The third-order valence-electron chi connectivity index (χ3n) is 4.65. The molecule has 3 unspecified atom stereocenters. The van der Waals surface area contributed by atoms with E-state index in [4.69, 9.17) is 5.11 Å². The Morgan fingerprint density at radius 1 is 1.24 bits per heavy atom. The standard InChI is InChI=1S/C17H19NO3/c19-16(20)7-5-11-2-1-3-14(9-11)18-17(21)15-10-12-4-6-13(15)8-12/h1-3,5,7,9,12-13,15H,4,6,8,10H2,(H,18,21)(H,19,20)/b7-5+. The Labute approximate surface area is 123 Å². The van der Waals surface area contributed by atoms with Gasteiger partial charge < -0.3 is 10.4 Å². The molecule has 4 heteroatoms. The first-order valence-electron chi connectivity index (χ1n) is 7.44. The summed E-state index contributed by atoms with van der Waals surface area (Å²) < 4.78 is 0. The van der Waals surface area contributed by atoms with Gasteiger partial charge in [-0.3, -0.25) is 4.79 Å². The maximum Gasteiger partial charge on any atom is 0.328 e. The van der Waals surface area contributed by atoms with Gasteiger partial charge in [-0.2, -0.15) is 0 Å². The molecule has 0 aliphatic heterocycles. The summed E-state index contributed by atoms with van der Waals surface area (Å²) in [5.74, 6) is 0.593. The smallest absolute Gasteiger partial charge is 0.328 e. The molecular formula is C17H19NO3. The molecule has 2 fully saturated rings. The highest BCUT2D eigenvalue weighted by atomic mass is 16.4. The number of carbonyl (C=O) groups is 2. The van der Waals surface area contributed by atoms with E-state index in [9.17, 15) is 9.59 Å². The van der Waals surface area contributed by atoms with Crippen molar-refractivity contribution in [2.24, 2.45) is 17.8 Å². The molecule has 2 aliphatic carbocycles. The van der Waals surface area contributed by atoms with Crippen LogP contribution in [0.25, 0.3) is 6.08 Å². The second-order valence-electron chi connectivity index (χ2n) is 6.07. The molecule has 1 aromatic rings. The summed E-state index contributed by atoms with van der Waals surface area (Å²) in [6.07, 6.45) is 7.31. The molecule has 0 saturated heterocycles. The minimum absolute atomic E-state index is 0.113. The minimum Gasteiger partial charge on any atom is -0.478 e. The molecule has 3 atom stereocenters. The van der Waals surface area contributed by atoms with E-state index in [1.54, 1.807) is 6.07 Å². The summed E-state index contributed by atoms with van der Waals surface area (Å²) in [4.78, 5) is 22.9. The lowest BCUT2D eigenvalue weighted by molar-refractivity contribution is -0.131. The molecule has 2 bridgehead atoms. The lowest BCUT2D eigenvalue weighted by atomic mass is 9.88. The number of benzene rings is 1. The molecule has 0 radical (unpaired) electrons. The van der Waals surface area contributed by atoms with Crippen molar-refractivity contribution < 1.29 is 14.7 Å². The zero-order valence-corrected chi connectivity index (χ0v) is 11.8. The van der Waals surface area contributed by atoms with Crippen LogP contribution in [-0.2, 0) is 9.59 Å². The summed E-state index contributed by atoms with van der Waals surface area (Å²) in [5, 5.41) is 11.6. The quantitative estimate of drug-likeness (QED) is 0.835. The van der Waals surface area contributed by atoms with Crippen LogP contribution in [0.15, 0.2) is 30.3 Å². The number of fused-ring (bicyclic) bond motifs is 2. The first-order valence-corrected chi connectivity index (χ1v) is 7.44. The van der Waals surface area contributed by atoms with Gasteiger partial charge in [-0.05, 0) is 54.9 Å². The number of carboxylic acids is 1. The van der Waals surface area contributed by atoms with Crippen molar-refractivity contribution in [1.29, 1.82) is 0 Å². The highest BCUT2D eigenvalue weighted by Crippen LogP contribution is 2.48. The molecule has 2 saturated carbocycles. The number of amides is 1. The molecule has 0 aromatic heterocycles. The van der Waals surface area contributed by atoms with Crippen molar-refractivity contribution in [3.63, 3.8) is 0 Å². The average molecular weight is 285 g/mol. The molecule has 0 heterocycles. The van der Waals surface area contributed by atoms with Crippen LogP contribution in [0.2, 0.25) is 0 Å². The molecular weight excluding hydrogens is 266 g/mol. The van der Waals surface area contributed by atoms with Crippen LogP contribution in [0.4, 0.5) is 5.69 Å². The van der Waals surface area contributed by atoms with Crippen LogP contribution in [0.5, 0.6) is 0 Å². The largest absolute Gasteiger partial charge is 0.478 e. The van der Waals surface area contributed by atoms with Crippen LogP contribution in [-0.4, -0.2) is 17.0 Å². The summed E-state index contributed by atoms with van der Waals surface area (Å²) in [7, 11) is 0. The molecule has 1 aromatic carbocycles. The Bertz CT molecular complexity index is 593. The number of nitrogens with one attached hydrogen (secondary N) is 1. The van der Waals surface area contributed by atoms with E-state index in [-0.39, 0.29) is 11.8 Å².